The number of nitrogens with one attached hydrogen (secondary N) is 2. The Hall–Kier alpha value is -3.37. The molecule has 0 spiro atoms. The number of aromatic nitrogens is 5. The summed E-state index contributed by atoms with van der Waals surface area (Å²) in [6, 6.07) is 16.5. The number of anilines is 2. The number of nitrogens with zero attached hydrogens (tertiary/aromatic N) is 5. The zero-order valence-corrected chi connectivity index (χ0v) is 17.9. The minimum atomic E-state index is -3.57. The highest BCUT2D eigenvalue weighted by molar-refractivity contribution is 7.89. The molecule has 10 heteroatoms. The van der Waals surface area contributed by atoms with Gasteiger partial charge in [-0.2, -0.15) is 4.98 Å². The highest BCUT2D eigenvalue weighted by Gasteiger charge is 2.14. The Morgan fingerprint density at radius 2 is 1.90 bits per heavy atom. The summed E-state index contributed by atoms with van der Waals surface area (Å²) in [6.45, 7) is 2.95. The van der Waals surface area contributed by atoms with E-state index in [4.69, 9.17) is 0 Å². The summed E-state index contributed by atoms with van der Waals surface area (Å²) in [5.74, 6) is 0.331. The first-order valence-corrected chi connectivity index (χ1v) is 11.5. The van der Waals surface area contributed by atoms with E-state index >= 15 is 0 Å². The summed E-state index contributed by atoms with van der Waals surface area (Å²) < 4.78 is 29.3. The van der Waals surface area contributed by atoms with Crippen LogP contribution in [0.3, 0.4) is 0 Å². The van der Waals surface area contributed by atoms with Gasteiger partial charge < -0.3 is 5.32 Å². The molecule has 31 heavy (non-hydrogen) atoms. The SMILES string of the molecule is CCCCNS(=O)(=O)c1cccc(Nc2ncc3nnn(Cc4ccccc4)c3n2)c1. The number of unbranched alkanes of at least 4 members (excludes halogenated alkanes) is 1. The van der Waals surface area contributed by atoms with E-state index in [9.17, 15) is 8.42 Å². The van der Waals surface area contributed by atoms with Crippen LogP contribution in [-0.4, -0.2) is 39.9 Å². The molecule has 0 bridgehead atoms. The van der Waals surface area contributed by atoms with Crippen LogP contribution in [0.2, 0.25) is 0 Å². The van der Waals surface area contributed by atoms with Crippen molar-refractivity contribution in [3.8, 4) is 0 Å². The number of benzene rings is 2. The molecule has 0 unspecified atom stereocenters. The number of fused-ring (bicyclic) bond motifs is 1. The van der Waals surface area contributed by atoms with Crippen molar-refractivity contribution in [3.63, 3.8) is 0 Å². The van der Waals surface area contributed by atoms with Gasteiger partial charge in [0.15, 0.2) is 11.2 Å². The lowest BCUT2D eigenvalue weighted by Gasteiger charge is -2.09. The van der Waals surface area contributed by atoms with Crippen LogP contribution in [0.1, 0.15) is 25.3 Å². The second-order valence-corrected chi connectivity index (χ2v) is 8.81. The second-order valence-electron chi connectivity index (χ2n) is 7.04. The number of rotatable bonds is 9. The van der Waals surface area contributed by atoms with E-state index in [1.165, 1.54) is 0 Å². The molecule has 2 aromatic carbocycles. The first-order valence-electron chi connectivity index (χ1n) is 10.0. The van der Waals surface area contributed by atoms with Crippen molar-refractivity contribution in [3.05, 3.63) is 66.4 Å². The van der Waals surface area contributed by atoms with Gasteiger partial charge in [-0.3, -0.25) is 0 Å². The lowest BCUT2D eigenvalue weighted by Crippen LogP contribution is -2.24. The van der Waals surface area contributed by atoms with Crippen molar-refractivity contribution in [1.82, 2.24) is 29.7 Å². The van der Waals surface area contributed by atoms with Gasteiger partial charge in [0, 0.05) is 12.2 Å². The Morgan fingerprint density at radius 3 is 2.71 bits per heavy atom. The lowest BCUT2D eigenvalue weighted by atomic mass is 10.2. The molecule has 2 aromatic heterocycles. The van der Waals surface area contributed by atoms with E-state index in [0.717, 1.165) is 18.4 Å². The summed E-state index contributed by atoms with van der Waals surface area (Å²) in [7, 11) is -3.57. The maximum absolute atomic E-state index is 12.5. The van der Waals surface area contributed by atoms with Crippen LogP contribution < -0.4 is 10.0 Å². The van der Waals surface area contributed by atoms with Crippen LogP contribution in [0.15, 0.2) is 65.7 Å². The summed E-state index contributed by atoms with van der Waals surface area (Å²) >= 11 is 0. The standard InChI is InChI=1S/C21H23N7O2S/c1-2-3-12-23-31(29,30)18-11-7-10-17(13-18)24-21-22-14-19-20(25-21)28(27-26-19)15-16-8-5-4-6-9-16/h4-11,13-14,23H,2-3,12,15H2,1H3,(H,22,24,25). The minimum absolute atomic E-state index is 0.186. The molecule has 0 saturated heterocycles. The molecule has 0 aliphatic carbocycles. The molecule has 9 nitrogen and oxygen atoms in total. The molecule has 4 aromatic rings. The fourth-order valence-electron chi connectivity index (χ4n) is 3.03. The first kappa shape index (κ1) is 20.9. The highest BCUT2D eigenvalue weighted by atomic mass is 32.2. The summed E-state index contributed by atoms with van der Waals surface area (Å²) in [5, 5.41) is 11.4. The van der Waals surface area contributed by atoms with Gasteiger partial charge in [-0.1, -0.05) is 55.0 Å². The minimum Gasteiger partial charge on any atom is -0.324 e. The normalized spacial score (nSPS) is 11.6. The molecule has 0 amide bonds. The molecular formula is C21H23N7O2S. The summed E-state index contributed by atoms with van der Waals surface area (Å²) in [5.41, 5.74) is 2.82. The van der Waals surface area contributed by atoms with Crippen molar-refractivity contribution in [2.24, 2.45) is 0 Å². The molecule has 160 valence electrons. The van der Waals surface area contributed by atoms with Crippen LogP contribution in [0, 0.1) is 0 Å². The zero-order chi connectivity index (χ0) is 21.7. The van der Waals surface area contributed by atoms with E-state index in [1.54, 1.807) is 35.1 Å². The molecule has 0 radical (unpaired) electrons. The fourth-order valence-corrected chi connectivity index (χ4v) is 4.15. The van der Waals surface area contributed by atoms with E-state index < -0.39 is 10.0 Å². The van der Waals surface area contributed by atoms with E-state index in [1.807, 2.05) is 37.3 Å². The average Bonchev–Trinajstić information content (AvgIpc) is 3.17. The van der Waals surface area contributed by atoms with Crippen molar-refractivity contribution in [2.45, 2.75) is 31.2 Å². The lowest BCUT2D eigenvalue weighted by molar-refractivity contribution is 0.578. The Morgan fingerprint density at radius 1 is 1.06 bits per heavy atom. The average molecular weight is 438 g/mol. The van der Waals surface area contributed by atoms with E-state index in [-0.39, 0.29) is 4.90 Å². The predicted molar refractivity (Wildman–Crippen MR) is 118 cm³/mol. The van der Waals surface area contributed by atoms with Gasteiger partial charge in [0.2, 0.25) is 16.0 Å². The van der Waals surface area contributed by atoms with Crippen molar-refractivity contribution in [1.29, 1.82) is 0 Å². The maximum Gasteiger partial charge on any atom is 0.240 e. The highest BCUT2D eigenvalue weighted by Crippen LogP contribution is 2.19. The molecule has 0 aliphatic rings. The van der Waals surface area contributed by atoms with Gasteiger partial charge in [-0.05, 0) is 30.2 Å². The first-order chi connectivity index (χ1) is 15.0. The van der Waals surface area contributed by atoms with Gasteiger partial charge in [0.25, 0.3) is 0 Å². The van der Waals surface area contributed by atoms with Gasteiger partial charge in [0.1, 0.15) is 0 Å². The number of sulfonamides is 1. The third kappa shape index (κ3) is 5.04. The van der Waals surface area contributed by atoms with E-state index in [0.29, 0.717) is 35.9 Å². The van der Waals surface area contributed by atoms with Crippen molar-refractivity contribution < 1.29 is 8.42 Å². The van der Waals surface area contributed by atoms with E-state index in [2.05, 4.69) is 30.3 Å². The third-order valence-electron chi connectivity index (χ3n) is 4.65. The molecule has 0 saturated carbocycles. The number of hydrogen-bond acceptors (Lipinski definition) is 7. The Balaban J connectivity index is 1.55. The molecule has 4 rings (SSSR count). The molecule has 2 heterocycles. The predicted octanol–water partition coefficient (Wildman–Crippen LogP) is 3.09. The van der Waals surface area contributed by atoms with Gasteiger partial charge >= 0.3 is 0 Å². The molecule has 2 N–H and O–H groups in total. The smallest absolute Gasteiger partial charge is 0.240 e. The largest absolute Gasteiger partial charge is 0.324 e. The Kier molecular flexibility index (Phi) is 6.19. The van der Waals surface area contributed by atoms with Gasteiger partial charge in [-0.25, -0.2) is 22.8 Å². The molecule has 0 fully saturated rings. The molecule has 0 atom stereocenters. The maximum atomic E-state index is 12.5. The van der Waals surface area contributed by atoms with Crippen LogP contribution in [-0.2, 0) is 16.6 Å². The van der Waals surface area contributed by atoms with Crippen LogP contribution in [0.25, 0.3) is 11.2 Å². The van der Waals surface area contributed by atoms with Crippen molar-refractivity contribution in [2.75, 3.05) is 11.9 Å². The van der Waals surface area contributed by atoms with Crippen LogP contribution in [0.4, 0.5) is 11.6 Å². The zero-order valence-electron chi connectivity index (χ0n) is 17.1. The van der Waals surface area contributed by atoms with Gasteiger partial charge in [0.05, 0.1) is 17.6 Å². The monoisotopic (exact) mass is 437 g/mol. The third-order valence-corrected chi connectivity index (χ3v) is 6.11. The van der Waals surface area contributed by atoms with Gasteiger partial charge in [-0.15, -0.1) is 5.10 Å². The molecule has 0 aliphatic heterocycles. The fraction of sp³-hybridized carbons (Fsp3) is 0.238. The summed E-state index contributed by atoms with van der Waals surface area (Å²) in [4.78, 5) is 8.99. The van der Waals surface area contributed by atoms with Crippen LogP contribution >= 0.6 is 0 Å². The number of hydrogen-bond donors (Lipinski definition) is 2. The summed E-state index contributed by atoms with van der Waals surface area (Å²) in [6.07, 6.45) is 3.29. The Bertz CT molecular complexity index is 1270. The topological polar surface area (TPSA) is 115 Å². The van der Waals surface area contributed by atoms with Crippen molar-refractivity contribution >= 4 is 32.8 Å². The second kappa shape index (κ2) is 9.19. The molecular weight excluding hydrogens is 414 g/mol. The van der Waals surface area contributed by atoms with Crippen LogP contribution in [0.5, 0.6) is 0 Å². The Labute approximate surface area is 180 Å². The quantitative estimate of drug-likeness (QED) is 0.387.